The number of anilines is 1. The normalized spacial score (nSPS) is 19.9. The molecule has 0 spiro atoms. The fourth-order valence-electron chi connectivity index (χ4n) is 2.00. The number of carbonyl (C=O) groups is 1. The molecule has 0 radical (unpaired) electrons. The molecular weight excluding hydrogens is 270 g/mol. The van der Waals surface area contributed by atoms with Crippen LogP contribution < -0.4 is 4.90 Å². The van der Waals surface area contributed by atoms with Crippen LogP contribution in [0.15, 0.2) is 18.5 Å². The molecule has 0 aromatic carbocycles. The number of ether oxygens (including phenoxy) is 1. The third-order valence-electron chi connectivity index (χ3n) is 3.19. The van der Waals surface area contributed by atoms with Gasteiger partial charge >= 0.3 is 6.09 Å². The van der Waals surface area contributed by atoms with Crippen molar-refractivity contribution in [2.45, 2.75) is 6.04 Å². The zero-order valence-electron chi connectivity index (χ0n) is 10.6. The molecule has 0 saturated carbocycles. The van der Waals surface area contributed by atoms with Crippen LogP contribution in [0.3, 0.4) is 0 Å². The number of hydrogen-bond donors (Lipinski definition) is 1. The SMILES string of the molecule is CN(C(=O)O)C1COCCN(c2cnccc2Cl)C1. The molecule has 2 rings (SSSR count). The molecule has 0 bridgehead atoms. The van der Waals surface area contributed by atoms with Crippen LogP contribution in [-0.2, 0) is 4.74 Å². The van der Waals surface area contributed by atoms with E-state index in [1.165, 1.54) is 4.90 Å². The summed E-state index contributed by atoms with van der Waals surface area (Å²) < 4.78 is 5.46. The van der Waals surface area contributed by atoms with Gasteiger partial charge in [0.25, 0.3) is 0 Å². The van der Waals surface area contributed by atoms with Crippen LogP contribution in [0.1, 0.15) is 0 Å². The maximum absolute atomic E-state index is 11.0. The van der Waals surface area contributed by atoms with Crippen LogP contribution >= 0.6 is 11.6 Å². The van der Waals surface area contributed by atoms with E-state index in [1.54, 1.807) is 25.5 Å². The van der Waals surface area contributed by atoms with Gasteiger partial charge in [-0.05, 0) is 6.07 Å². The van der Waals surface area contributed by atoms with Gasteiger partial charge in [0, 0.05) is 26.3 Å². The quantitative estimate of drug-likeness (QED) is 0.893. The Bertz CT molecular complexity index is 458. The number of carboxylic acid groups (broad SMARTS) is 1. The molecule has 1 aromatic rings. The van der Waals surface area contributed by atoms with Crippen molar-refractivity contribution < 1.29 is 14.6 Å². The molecule has 1 aromatic heterocycles. The van der Waals surface area contributed by atoms with Gasteiger partial charge in [-0.25, -0.2) is 4.79 Å². The van der Waals surface area contributed by atoms with Crippen molar-refractivity contribution in [3.8, 4) is 0 Å². The van der Waals surface area contributed by atoms with E-state index in [4.69, 9.17) is 21.4 Å². The minimum Gasteiger partial charge on any atom is -0.465 e. The summed E-state index contributed by atoms with van der Waals surface area (Å²) in [6, 6.07) is 1.50. The molecule has 1 saturated heterocycles. The van der Waals surface area contributed by atoms with Crippen LogP contribution in [-0.4, -0.2) is 60.5 Å². The first-order valence-electron chi connectivity index (χ1n) is 5.97. The van der Waals surface area contributed by atoms with Crippen molar-refractivity contribution in [2.75, 3.05) is 38.3 Å². The average molecular weight is 286 g/mol. The van der Waals surface area contributed by atoms with Gasteiger partial charge < -0.3 is 19.6 Å². The Labute approximate surface area is 116 Å². The molecule has 6 nitrogen and oxygen atoms in total. The maximum atomic E-state index is 11.0. The van der Waals surface area contributed by atoms with E-state index in [-0.39, 0.29) is 6.04 Å². The molecule has 1 amide bonds. The molecular formula is C12H16ClN3O3. The zero-order valence-corrected chi connectivity index (χ0v) is 11.4. The van der Waals surface area contributed by atoms with E-state index >= 15 is 0 Å². The summed E-state index contributed by atoms with van der Waals surface area (Å²) >= 11 is 6.15. The Hall–Kier alpha value is -1.53. The van der Waals surface area contributed by atoms with Crippen molar-refractivity contribution in [1.29, 1.82) is 0 Å². The number of halogens is 1. The minimum atomic E-state index is -0.965. The van der Waals surface area contributed by atoms with Crippen LogP contribution in [0.2, 0.25) is 5.02 Å². The third-order valence-corrected chi connectivity index (χ3v) is 3.51. The molecule has 19 heavy (non-hydrogen) atoms. The van der Waals surface area contributed by atoms with Crippen LogP contribution in [0, 0.1) is 0 Å². The number of amides is 1. The highest BCUT2D eigenvalue weighted by molar-refractivity contribution is 6.33. The highest BCUT2D eigenvalue weighted by Gasteiger charge is 2.26. The van der Waals surface area contributed by atoms with Crippen molar-refractivity contribution >= 4 is 23.4 Å². The molecule has 1 N–H and O–H groups in total. The van der Waals surface area contributed by atoms with E-state index in [2.05, 4.69) is 4.98 Å². The first kappa shape index (κ1) is 13.9. The fraction of sp³-hybridized carbons (Fsp3) is 0.500. The van der Waals surface area contributed by atoms with Crippen molar-refractivity contribution in [1.82, 2.24) is 9.88 Å². The number of likely N-dealkylation sites (N-methyl/N-ethyl adjacent to an activating group) is 1. The summed E-state index contributed by atoms with van der Waals surface area (Å²) in [6.07, 6.45) is 2.35. The summed E-state index contributed by atoms with van der Waals surface area (Å²) in [7, 11) is 1.55. The second-order valence-corrected chi connectivity index (χ2v) is 4.80. The van der Waals surface area contributed by atoms with Gasteiger partial charge in [-0.2, -0.15) is 0 Å². The lowest BCUT2D eigenvalue weighted by molar-refractivity contribution is 0.0847. The number of pyridine rings is 1. The molecule has 1 aliphatic heterocycles. The first-order chi connectivity index (χ1) is 9.09. The van der Waals surface area contributed by atoms with E-state index in [0.717, 1.165) is 5.69 Å². The lowest BCUT2D eigenvalue weighted by atomic mass is 10.2. The van der Waals surface area contributed by atoms with Crippen molar-refractivity contribution in [3.63, 3.8) is 0 Å². The van der Waals surface area contributed by atoms with Crippen molar-refractivity contribution in [3.05, 3.63) is 23.5 Å². The highest BCUT2D eigenvalue weighted by Crippen LogP contribution is 2.25. The molecule has 104 valence electrons. The molecule has 1 atom stereocenters. The second kappa shape index (κ2) is 6.08. The smallest absolute Gasteiger partial charge is 0.407 e. The lowest BCUT2D eigenvalue weighted by Gasteiger charge is -2.29. The summed E-state index contributed by atoms with van der Waals surface area (Å²) in [5.41, 5.74) is 0.804. The second-order valence-electron chi connectivity index (χ2n) is 4.40. The van der Waals surface area contributed by atoms with Gasteiger partial charge in [0.05, 0.1) is 36.2 Å². The monoisotopic (exact) mass is 285 g/mol. The van der Waals surface area contributed by atoms with Gasteiger partial charge in [0.2, 0.25) is 0 Å². The third kappa shape index (κ3) is 3.27. The summed E-state index contributed by atoms with van der Waals surface area (Å²) in [6.45, 7) is 2.12. The predicted molar refractivity (Wildman–Crippen MR) is 71.9 cm³/mol. The largest absolute Gasteiger partial charge is 0.465 e. The summed E-state index contributed by atoms with van der Waals surface area (Å²) in [5, 5.41) is 9.66. The summed E-state index contributed by atoms with van der Waals surface area (Å²) in [5.74, 6) is 0. The van der Waals surface area contributed by atoms with E-state index < -0.39 is 6.09 Å². The average Bonchev–Trinajstić information content (AvgIpc) is 2.64. The molecule has 7 heteroatoms. The van der Waals surface area contributed by atoms with E-state index in [1.807, 2.05) is 4.90 Å². The Kier molecular flexibility index (Phi) is 4.44. The standard InChI is InChI=1S/C12H16ClN3O3/c1-15(12(17)18)9-7-16(4-5-19-8-9)11-6-14-3-2-10(11)13/h2-3,6,9H,4-5,7-8H2,1H3,(H,17,18). The number of aromatic nitrogens is 1. The van der Waals surface area contributed by atoms with Gasteiger partial charge in [0.1, 0.15) is 0 Å². The molecule has 1 aliphatic rings. The Morgan fingerprint density at radius 1 is 1.68 bits per heavy atom. The molecule has 1 unspecified atom stereocenters. The Morgan fingerprint density at radius 3 is 3.16 bits per heavy atom. The fourth-order valence-corrected chi connectivity index (χ4v) is 2.23. The van der Waals surface area contributed by atoms with Crippen LogP contribution in [0.4, 0.5) is 10.5 Å². The Balaban J connectivity index is 2.17. The highest BCUT2D eigenvalue weighted by atomic mass is 35.5. The maximum Gasteiger partial charge on any atom is 0.407 e. The van der Waals surface area contributed by atoms with Crippen LogP contribution in [0.25, 0.3) is 0 Å². The lowest BCUT2D eigenvalue weighted by Crippen LogP contribution is -2.45. The topological polar surface area (TPSA) is 65.9 Å². The summed E-state index contributed by atoms with van der Waals surface area (Å²) in [4.78, 5) is 18.4. The van der Waals surface area contributed by atoms with Crippen molar-refractivity contribution in [2.24, 2.45) is 0 Å². The van der Waals surface area contributed by atoms with Gasteiger partial charge in [0.15, 0.2) is 0 Å². The van der Waals surface area contributed by atoms with E-state index in [0.29, 0.717) is 31.3 Å². The number of nitrogens with zero attached hydrogens (tertiary/aromatic N) is 3. The van der Waals surface area contributed by atoms with Crippen LogP contribution in [0.5, 0.6) is 0 Å². The molecule has 0 aliphatic carbocycles. The Morgan fingerprint density at radius 2 is 2.47 bits per heavy atom. The van der Waals surface area contributed by atoms with Gasteiger partial charge in [-0.3, -0.25) is 4.98 Å². The van der Waals surface area contributed by atoms with Gasteiger partial charge in [-0.1, -0.05) is 11.6 Å². The molecule has 2 heterocycles. The minimum absolute atomic E-state index is 0.226. The number of rotatable bonds is 2. The molecule has 1 fully saturated rings. The van der Waals surface area contributed by atoms with Gasteiger partial charge in [-0.15, -0.1) is 0 Å². The predicted octanol–water partition coefficient (Wildman–Crippen LogP) is 1.55. The van der Waals surface area contributed by atoms with E-state index in [9.17, 15) is 4.79 Å². The first-order valence-corrected chi connectivity index (χ1v) is 6.35. The zero-order chi connectivity index (χ0) is 13.8. The number of hydrogen-bond acceptors (Lipinski definition) is 4.